The molecule has 1 unspecified atom stereocenters. The monoisotopic (exact) mass is 426 g/mol. The summed E-state index contributed by atoms with van der Waals surface area (Å²) in [6.45, 7) is 10.4. The van der Waals surface area contributed by atoms with E-state index in [9.17, 15) is 4.79 Å². The number of rotatable bonds is 11. The first-order chi connectivity index (χ1) is 15.0. The Morgan fingerprint density at radius 2 is 1.74 bits per heavy atom. The minimum absolute atomic E-state index is 0.00356. The van der Waals surface area contributed by atoms with Gasteiger partial charge >= 0.3 is 0 Å². The molecule has 0 bridgehead atoms. The van der Waals surface area contributed by atoms with Crippen LogP contribution in [0.2, 0.25) is 0 Å². The molecule has 0 aromatic heterocycles. The third-order valence-corrected chi connectivity index (χ3v) is 4.29. The molecule has 31 heavy (non-hydrogen) atoms. The second-order valence-electron chi connectivity index (χ2n) is 7.21. The average molecular weight is 427 g/mol. The van der Waals surface area contributed by atoms with Crippen LogP contribution in [0.3, 0.4) is 0 Å². The highest BCUT2D eigenvalue weighted by molar-refractivity contribution is 5.79. The van der Waals surface area contributed by atoms with E-state index < -0.39 is 0 Å². The highest BCUT2D eigenvalue weighted by atomic mass is 16.5. The largest absolute Gasteiger partial charge is 0.489 e. The number of hydrogen-bond donors (Lipinski definition) is 3. The van der Waals surface area contributed by atoms with Gasteiger partial charge in [-0.15, -0.1) is 0 Å². The van der Waals surface area contributed by atoms with Crippen LogP contribution in [0.4, 0.5) is 0 Å². The van der Waals surface area contributed by atoms with Crippen LogP contribution in [0, 0.1) is 6.92 Å². The molecule has 1 atom stereocenters. The number of carbonyl (C=O) groups is 1. The van der Waals surface area contributed by atoms with E-state index in [0.717, 1.165) is 23.8 Å². The van der Waals surface area contributed by atoms with Gasteiger partial charge in [0.25, 0.3) is 5.91 Å². The number of aliphatic imine (C=N–C) groups is 1. The molecule has 0 spiro atoms. The van der Waals surface area contributed by atoms with Crippen molar-refractivity contribution in [3.63, 3.8) is 0 Å². The normalized spacial score (nSPS) is 12.1. The number of guanidine groups is 1. The van der Waals surface area contributed by atoms with Gasteiger partial charge in [0.2, 0.25) is 0 Å². The molecular weight excluding hydrogens is 392 g/mol. The van der Waals surface area contributed by atoms with Crippen LogP contribution in [-0.4, -0.2) is 44.2 Å². The molecule has 0 heterocycles. The van der Waals surface area contributed by atoms with Gasteiger partial charge in [0.15, 0.2) is 12.6 Å². The van der Waals surface area contributed by atoms with Crippen molar-refractivity contribution in [3.8, 4) is 11.5 Å². The van der Waals surface area contributed by atoms with E-state index in [2.05, 4.69) is 20.9 Å². The molecule has 168 valence electrons. The van der Waals surface area contributed by atoms with E-state index in [1.54, 1.807) is 0 Å². The Hall–Kier alpha value is -3.22. The summed E-state index contributed by atoms with van der Waals surface area (Å²) >= 11 is 0. The maximum atomic E-state index is 11.6. The van der Waals surface area contributed by atoms with E-state index >= 15 is 0 Å². The quantitative estimate of drug-likeness (QED) is 0.380. The van der Waals surface area contributed by atoms with Crippen LogP contribution < -0.4 is 25.4 Å². The van der Waals surface area contributed by atoms with Crippen molar-refractivity contribution in [1.29, 1.82) is 0 Å². The molecule has 2 aromatic carbocycles. The molecule has 2 aromatic rings. The highest BCUT2D eigenvalue weighted by Gasteiger charge is 2.07. The fourth-order valence-electron chi connectivity index (χ4n) is 2.85. The van der Waals surface area contributed by atoms with Gasteiger partial charge in [0.05, 0.1) is 13.1 Å². The molecule has 1 amide bonds. The summed E-state index contributed by atoms with van der Waals surface area (Å²) in [5.41, 5.74) is 2.17. The van der Waals surface area contributed by atoms with Gasteiger partial charge in [-0.1, -0.05) is 24.3 Å². The Labute approximate surface area is 185 Å². The van der Waals surface area contributed by atoms with Crippen LogP contribution in [0.5, 0.6) is 11.5 Å². The van der Waals surface area contributed by atoms with E-state index in [-0.39, 0.29) is 18.6 Å². The molecule has 0 aliphatic carbocycles. The molecule has 7 heteroatoms. The number of benzene rings is 2. The number of carbonyl (C=O) groups excluding carboxylic acids is 1. The van der Waals surface area contributed by atoms with Gasteiger partial charge in [0, 0.05) is 13.1 Å². The van der Waals surface area contributed by atoms with Crippen molar-refractivity contribution in [3.05, 3.63) is 59.7 Å². The van der Waals surface area contributed by atoms with E-state index in [0.29, 0.717) is 25.4 Å². The summed E-state index contributed by atoms with van der Waals surface area (Å²) in [6.07, 6.45) is -0.0170. The van der Waals surface area contributed by atoms with Gasteiger partial charge < -0.3 is 25.4 Å². The molecule has 2 rings (SSSR count). The summed E-state index contributed by atoms with van der Waals surface area (Å²) in [4.78, 5) is 16.2. The van der Waals surface area contributed by atoms with Gasteiger partial charge in [-0.25, -0.2) is 4.99 Å². The van der Waals surface area contributed by atoms with Crippen LogP contribution in [-0.2, 0) is 11.3 Å². The van der Waals surface area contributed by atoms with Gasteiger partial charge in [-0.2, -0.15) is 0 Å². The number of aryl methyl sites for hydroxylation is 1. The highest BCUT2D eigenvalue weighted by Crippen LogP contribution is 2.15. The van der Waals surface area contributed by atoms with Crippen LogP contribution in [0.15, 0.2) is 53.5 Å². The maximum Gasteiger partial charge on any atom is 0.257 e. The third kappa shape index (κ3) is 9.42. The number of hydrogen-bond acceptors (Lipinski definition) is 4. The van der Waals surface area contributed by atoms with Gasteiger partial charge in [-0.05, 0) is 63.1 Å². The minimum Gasteiger partial charge on any atom is -0.489 e. The zero-order valence-electron chi connectivity index (χ0n) is 18.9. The topological polar surface area (TPSA) is 84.0 Å². The van der Waals surface area contributed by atoms with Gasteiger partial charge in [0.1, 0.15) is 17.6 Å². The Balaban J connectivity index is 1.88. The van der Waals surface area contributed by atoms with Crippen molar-refractivity contribution >= 4 is 11.9 Å². The second kappa shape index (κ2) is 13.2. The Morgan fingerprint density at radius 1 is 1.00 bits per heavy atom. The Bertz CT molecular complexity index is 854. The number of nitrogens with zero attached hydrogens (tertiary/aromatic N) is 1. The fraction of sp³-hybridized carbons (Fsp3) is 0.417. The molecule has 0 saturated heterocycles. The smallest absolute Gasteiger partial charge is 0.257 e. The van der Waals surface area contributed by atoms with Crippen molar-refractivity contribution in [2.45, 2.75) is 40.3 Å². The SMILES string of the molecule is CCNC(=O)COc1cccc(CN=C(NCC)NCC(C)Oc2cccc(C)c2)c1. The number of amides is 1. The van der Waals surface area contributed by atoms with Crippen LogP contribution >= 0.6 is 0 Å². The molecule has 0 saturated carbocycles. The van der Waals surface area contributed by atoms with E-state index in [4.69, 9.17) is 9.47 Å². The predicted molar refractivity (Wildman–Crippen MR) is 125 cm³/mol. The minimum atomic E-state index is -0.133. The lowest BCUT2D eigenvalue weighted by Crippen LogP contribution is -2.41. The fourth-order valence-corrected chi connectivity index (χ4v) is 2.85. The summed E-state index contributed by atoms with van der Waals surface area (Å²) < 4.78 is 11.5. The van der Waals surface area contributed by atoms with Crippen LogP contribution in [0.1, 0.15) is 31.9 Å². The lowest BCUT2D eigenvalue weighted by atomic mass is 10.2. The zero-order valence-corrected chi connectivity index (χ0v) is 18.9. The van der Waals surface area contributed by atoms with Crippen molar-refractivity contribution in [1.82, 2.24) is 16.0 Å². The van der Waals surface area contributed by atoms with Gasteiger partial charge in [-0.3, -0.25) is 4.79 Å². The van der Waals surface area contributed by atoms with Crippen molar-refractivity contribution < 1.29 is 14.3 Å². The number of ether oxygens (including phenoxy) is 2. The first-order valence-electron chi connectivity index (χ1n) is 10.7. The summed E-state index contributed by atoms with van der Waals surface area (Å²) in [5.74, 6) is 2.10. The summed E-state index contributed by atoms with van der Waals surface area (Å²) in [7, 11) is 0. The molecule has 0 aliphatic heterocycles. The Morgan fingerprint density at radius 3 is 2.48 bits per heavy atom. The third-order valence-electron chi connectivity index (χ3n) is 4.29. The van der Waals surface area contributed by atoms with E-state index in [1.807, 2.05) is 76.2 Å². The predicted octanol–water partition coefficient (Wildman–Crippen LogP) is 3.03. The average Bonchev–Trinajstić information content (AvgIpc) is 2.75. The summed E-state index contributed by atoms with van der Waals surface area (Å²) in [6, 6.07) is 15.6. The van der Waals surface area contributed by atoms with Crippen LogP contribution in [0.25, 0.3) is 0 Å². The summed E-state index contributed by atoms with van der Waals surface area (Å²) in [5, 5.41) is 9.29. The number of nitrogens with one attached hydrogen (secondary N) is 3. The second-order valence-corrected chi connectivity index (χ2v) is 7.21. The molecule has 0 aliphatic rings. The van der Waals surface area contributed by atoms with Crippen molar-refractivity contribution in [2.75, 3.05) is 26.2 Å². The van der Waals surface area contributed by atoms with E-state index in [1.165, 1.54) is 5.56 Å². The molecule has 0 radical (unpaired) electrons. The maximum absolute atomic E-state index is 11.6. The Kier molecular flexibility index (Phi) is 10.2. The molecule has 3 N–H and O–H groups in total. The first kappa shape index (κ1) is 24.1. The molecule has 0 fully saturated rings. The molecular formula is C24H34N4O3. The lowest BCUT2D eigenvalue weighted by molar-refractivity contribution is -0.122. The zero-order chi connectivity index (χ0) is 22.5. The van der Waals surface area contributed by atoms with Crippen molar-refractivity contribution in [2.24, 2.45) is 4.99 Å². The standard InChI is InChI=1S/C24H34N4O3/c1-5-25-23(29)17-30-21-11-8-10-20(14-21)16-28-24(26-6-2)27-15-19(4)31-22-12-7-9-18(3)13-22/h7-14,19H,5-6,15-17H2,1-4H3,(H,25,29)(H2,26,27,28). The molecule has 7 nitrogen and oxygen atoms in total. The lowest BCUT2D eigenvalue weighted by Gasteiger charge is -2.18. The first-order valence-corrected chi connectivity index (χ1v) is 10.7. The number of likely N-dealkylation sites (N-methyl/N-ethyl adjacent to an activating group) is 1.